The molecule has 1 heterocycles. The van der Waals surface area contributed by atoms with Gasteiger partial charge in [0.2, 0.25) is 0 Å². The molecule has 1 aliphatic carbocycles. The van der Waals surface area contributed by atoms with Crippen molar-refractivity contribution >= 4 is 17.8 Å². The van der Waals surface area contributed by atoms with Crippen molar-refractivity contribution in [2.24, 2.45) is 11.8 Å². The van der Waals surface area contributed by atoms with E-state index >= 15 is 0 Å². The summed E-state index contributed by atoms with van der Waals surface area (Å²) < 4.78 is 0. The van der Waals surface area contributed by atoms with Crippen LogP contribution in [0.15, 0.2) is 24.3 Å². The Balaban J connectivity index is 1.78. The molecule has 0 saturated heterocycles. The molecule has 6 nitrogen and oxygen atoms in total. The summed E-state index contributed by atoms with van der Waals surface area (Å²) in [6.07, 6.45) is 0.415. The molecular formula is C13H8N2O4. The normalized spacial score (nSPS) is 23.8. The van der Waals surface area contributed by atoms with Crippen LogP contribution in [-0.2, 0) is 9.63 Å². The van der Waals surface area contributed by atoms with Gasteiger partial charge in [-0.15, -0.1) is 0 Å². The second-order valence-electron chi connectivity index (χ2n) is 4.44. The molecular weight excluding hydrogens is 248 g/mol. The maximum absolute atomic E-state index is 11.9. The third-order valence-electron chi connectivity index (χ3n) is 3.20. The average molecular weight is 256 g/mol. The van der Waals surface area contributed by atoms with Crippen LogP contribution < -0.4 is 0 Å². The summed E-state index contributed by atoms with van der Waals surface area (Å²) in [5.74, 6) is -2.91. The van der Waals surface area contributed by atoms with Crippen molar-refractivity contribution in [2.75, 3.05) is 0 Å². The van der Waals surface area contributed by atoms with Crippen molar-refractivity contribution in [1.29, 1.82) is 5.26 Å². The van der Waals surface area contributed by atoms with Gasteiger partial charge >= 0.3 is 5.97 Å². The standard InChI is InChI=1S/C13H8N2O4/c14-6-7-5-10(7)13(18)19-15-11(16)8-3-1-2-4-9(8)12(15)17/h1-4,7,10H,5H2/t7-,10-/m1/s1. The van der Waals surface area contributed by atoms with E-state index in [2.05, 4.69) is 0 Å². The molecule has 2 amide bonds. The van der Waals surface area contributed by atoms with Gasteiger partial charge in [0.15, 0.2) is 0 Å². The molecule has 1 fully saturated rings. The zero-order valence-electron chi connectivity index (χ0n) is 9.70. The van der Waals surface area contributed by atoms with Crippen LogP contribution in [0.5, 0.6) is 0 Å². The first-order valence-electron chi connectivity index (χ1n) is 5.72. The number of hydrogen-bond donors (Lipinski definition) is 0. The van der Waals surface area contributed by atoms with Crippen molar-refractivity contribution in [1.82, 2.24) is 5.06 Å². The average Bonchev–Trinajstić information content (AvgIpc) is 3.18. The number of fused-ring (bicyclic) bond motifs is 1. The van der Waals surface area contributed by atoms with Gasteiger partial charge in [-0.05, 0) is 18.6 Å². The number of imide groups is 1. The molecule has 0 N–H and O–H groups in total. The quantitative estimate of drug-likeness (QED) is 0.733. The second-order valence-corrected chi connectivity index (χ2v) is 4.44. The summed E-state index contributed by atoms with van der Waals surface area (Å²) in [5, 5.41) is 9.10. The van der Waals surface area contributed by atoms with Crippen LogP contribution in [0.4, 0.5) is 0 Å². The molecule has 1 aliphatic heterocycles. The number of nitriles is 1. The Morgan fingerprint density at radius 1 is 1.26 bits per heavy atom. The Morgan fingerprint density at radius 3 is 2.32 bits per heavy atom. The number of hydrogen-bond acceptors (Lipinski definition) is 5. The molecule has 1 aromatic carbocycles. The zero-order chi connectivity index (χ0) is 13.6. The van der Waals surface area contributed by atoms with E-state index in [4.69, 9.17) is 10.1 Å². The van der Waals surface area contributed by atoms with Gasteiger partial charge in [-0.25, -0.2) is 4.79 Å². The lowest BCUT2D eigenvalue weighted by molar-refractivity contribution is -0.170. The Labute approximate surface area is 108 Å². The third kappa shape index (κ3) is 1.67. The van der Waals surface area contributed by atoms with Crippen molar-refractivity contribution in [3.8, 4) is 6.07 Å². The highest BCUT2D eigenvalue weighted by atomic mass is 16.7. The molecule has 0 radical (unpaired) electrons. The summed E-state index contributed by atoms with van der Waals surface area (Å²) >= 11 is 0. The predicted molar refractivity (Wildman–Crippen MR) is 60.2 cm³/mol. The molecule has 3 rings (SSSR count). The highest BCUT2D eigenvalue weighted by Gasteiger charge is 2.48. The van der Waals surface area contributed by atoms with Gasteiger partial charge in [0.25, 0.3) is 11.8 Å². The first kappa shape index (κ1) is 11.4. The Bertz CT molecular complexity index is 611. The molecule has 1 saturated carbocycles. The molecule has 0 aromatic heterocycles. The minimum Gasteiger partial charge on any atom is -0.329 e. The summed E-state index contributed by atoms with van der Waals surface area (Å²) in [4.78, 5) is 40.3. The lowest BCUT2D eigenvalue weighted by atomic mass is 10.1. The summed E-state index contributed by atoms with van der Waals surface area (Å²) in [6, 6.07) is 8.20. The van der Waals surface area contributed by atoms with Crippen molar-refractivity contribution in [3.05, 3.63) is 35.4 Å². The first-order valence-corrected chi connectivity index (χ1v) is 5.72. The van der Waals surface area contributed by atoms with Gasteiger partial charge in [-0.2, -0.15) is 5.26 Å². The molecule has 1 aromatic rings. The number of amides is 2. The topological polar surface area (TPSA) is 87.5 Å². The van der Waals surface area contributed by atoms with E-state index < -0.39 is 23.7 Å². The van der Waals surface area contributed by atoms with E-state index in [1.54, 1.807) is 12.1 Å². The molecule has 94 valence electrons. The van der Waals surface area contributed by atoms with Crippen LogP contribution in [0.25, 0.3) is 0 Å². The zero-order valence-corrected chi connectivity index (χ0v) is 9.70. The highest BCUT2D eigenvalue weighted by molar-refractivity contribution is 6.20. The first-order chi connectivity index (χ1) is 9.13. The molecule has 0 unspecified atom stereocenters. The number of rotatable bonds is 2. The molecule has 19 heavy (non-hydrogen) atoms. The van der Waals surface area contributed by atoms with Crippen LogP contribution in [0, 0.1) is 23.2 Å². The molecule has 6 heteroatoms. The highest BCUT2D eigenvalue weighted by Crippen LogP contribution is 2.39. The minimum atomic E-state index is -0.707. The third-order valence-corrected chi connectivity index (χ3v) is 3.20. The second kappa shape index (κ2) is 3.92. The predicted octanol–water partition coefficient (Wildman–Crippen LogP) is 0.900. The van der Waals surface area contributed by atoms with E-state index in [9.17, 15) is 14.4 Å². The Morgan fingerprint density at radius 2 is 1.84 bits per heavy atom. The van der Waals surface area contributed by atoms with E-state index in [1.807, 2.05) is 6.07 Å². The maximum atomic E-state index is 11.9. The van der Waals surface area contributed by atoms with Crippen LogP contribution in [0.3, 0.4) is 0 Å². The fourth-order valence-electron chi connectivity index (χ4n) is 2.01. The van der Waals surface area contributed by atoms with E-state index in [1.165, 1.54) is 12.1 Å². The molecule has 0 spiro atoms. The van der Waals surface area contributed by atoms with Crippen LogP contribution >= 0.6 is 0 Å². The van der Waals surface area contributed by atoms with Crippen molar-refractivity contribution in [3.63, 3.8) is 0 Å². The van der Waals surface area contributed by atoms with Crippen molar-refractivity contribution in [2.45, 2.75) is 6.42 Å². The monoisotopic (exact) mass is 256 g/mol. The van der Waals surface area contributed by atoms with Gasteiger partial charge in [-0.1, -0.05) is 17.2 Å². The number of carbonyl (C=O) groups excluding carboxylic acids is 3. The number of benzene rings is 1. The van der Waals surface area contributed by atoms with Gasteiger partial charge in [-0.3, -0.25) is 9.59 Å². The minimum absolute atomic E-state index is 0.216. The fraction of sp³-hybridized carbons (Fsp3) is 0.231. The lowest BCUT2D eigenvalue weighted by Crippen LogP contribution is -2.33. The van der Waals surface area contributed by atoms with Gasteiger partial charge in [0, 0.05) is 0 Å². The van der Waals surface area contributed by atoms with Gasteiger partial charge in [0.1, 0.15) is 0 Å². The lowest BCUT2D eigenvalue weighted by Gasteiger charge is -2.12. The summed E-state index contributed by atoms with van der Waals surface area (Å²) in [7, 11) is 0. The van der Waals surface area contributed by atoms with Crippen molar-refractivity contribution < 1.29 is 19.2 Å². The van der Waals surface area contributed by atoms with Gasteiger partial charge in [0.05, 0.1) is 29.0 Å². The largest absolute Gasteiger partial charge is 0.337 e. The molecule has 2 atom stereocenters. The number of hydroxylamine groups is 2. The van der Waals surface area contributed by atoms with E-state index in [0.717, 1.165) is 0 Å². The van der Waals surface area contributed by atoms with E-state index in [-0.39, 0.29) is 17.0 Å². The summed E-state index contributed by atoms with van der Waals surface area (Å²) in [6.45, 7) is 0. The smallest absolute Gasteiger partial charge is 0.329 e. The maximum Gasteiger partial charge on any atom is 0.337 e. The van der Waals surface area contributed by atoms with E-state index in [0.29, 0.717) is 11.5 Å². The SMILES string of the molecule is N#C[C@H]1C[C@H]1C(=O)ON1C(=O)c2ccccc2C1=O. The molecule has 0 bridgehead atoms. The van der Waals surface area contributed by atoms with Gasteiger partial charge < -0.3 is 4.84 Å². The fourth-order valence-corrected chi connectivity index (χ4v) is 2.01. The Hall–Kier alpha value is -2.68. The molecule has 2 aliphatic rings. The summed E-state index contributed by atoms with van der Waals surface area (Å²) in [5.41, 5.74) is 0.431. The van der Waals surface area contributed by atoms with Crippen LogP contribution in [0.2, 0.25) is 0 Å². The number of nitrogens with zero attached hydrogens (tertiary/aromatic N) is 2. The number of carbonyl (C=O) groups is 3. The van der Waals surface area contributed by atoms with Crippen LogP contribution in [0.1, 0.15) is 27.1 Å². The van der Waals surface area contributed by atoms with Crippen LogP contribution in [-0.4, -0.2) is 22.8 Å². The Kier molecular flexibility index (Phi) is 2.35.